The van der Waals surface area contributed by atoms with Crippen molar-refractivity contribution in [2.45, 2.75) is 187 Å². The van der Waals surface area contributed by atoms with Crippen LogP contribution < -0.4 is 11.1 Å². The summed E-state index contributed by atoms with van der Waals surface area (Å²) in [7, 11) is -4.34. The van der Waals surface area contributed by atoms with Gasteiger partial charge in [-0.3, -0.25) is 13.8 Å². The van der Waals surface area contributed by atoms with Gasteiger partial charge in [0.05, 0.1) is 25.4 Å². The van der Waals surface area contributed by atoms with E-state index in [0.29, 0.717) is 6.42 Å². The molecule has 9 heteroatoms. The molecule has 0 radical (unpaired) electrons. The van der Waals surface area contributed by atoms with E-state index in [9.17, 15) is 19.4 Å². The predicted molar refractivity (Wildman–Crippen MR) is 203 cm³/mol. The van der Waals surface area contributed by atoms with Gasteiger partial charge in [0.25, 0.3) is 0 Å². The minimum atomic E-state index is -4.34. The van der Waals surface area contributed by atoms with Crippen LogP contribution in [-0.4, -0.2) is 47.8 Å². The predicted octanol–water partition coefficient (Wildman–Crippen LogP) is 10.4. The summed E-state index contributed by atoms with van der Waals surface area (Å²) in [4.78, 5) is 22.6. The van der Waals surface area contributed by atoms with E-state index in [1.54, 1.807) is 6.08 Å². The van der Waals surface area contributed by atoms with Crippen LogP contribution in [0, 0.1) is 0 Å². The summed E-state index contributed by atoms with van der Waals surface area (Å²) >= 11 is 0. The summed E-state index contributed by atoms with van der Waals surface area (Å²) in [6.45, 7) is 4.08. The van der Waals surface area contributed by atoms with Crippen LogP contribution in [0.3, 0.4) is 0 Å². The highest BCUT2D eigenvalue weighted by Gasteiger charge is 2.26. The Morgan fingerprint density at radius 1 is 0.667 bits per heavy atom. The fraction of sp³-hybridized carbons (Fsp3) is 0.821. The van der Waals surface area contributed by atoms with Gasteiger partial charge < -0.3 is 21.1 Å². The quantitative estimate of drug-likeness (QED) is 0.0291. The van der Waals surface area contributed by atoms with E-state index < -0.39 is 20.0 Å². The molecule has 0 bridgehead atoms. The summed E-state index contributed by atoms with van der Waals surface area (Å²) in [5.41, 5.74) is 5.35. The van der Waals surface area contributed by atoms with Gasteiger partial charge in [-0.15, -0.1) is 0 Å². The van der Waals surface area contributed by atoms with Crippen LogP contribution in [0.1, 0.15) is 174 Å². The van der Waals surface area contributed by atoms with Gasteiger partial charge in [-0.2, -0.15) is 0 Å². The SMILES string of the molecule is CCCCCCC/C=C/CC/C=C/CC/C=C/C(O)C(COP(=O)(O)OCCN)NC(=O)CCCCCCCCCCCCCCCC. The first-order valence-corrected chi connectivity index (χ1v) is 21.1. The van der Waals surface area contributed by atoms with Crippen LogP contribution in [0.25, 0.3) is 0 Å². The van der Waals surface area contributed by atoms with E-state index >= 15 is 0 Å². The van der Waals surface area contributed by atoms with Crippen molar-refractivity contribution in [2.75, 3.05) is 19.8 Å². The number of nitrogens with one attached hydrogen (secondary N) is 1. The van der Waals surface area contributed by atoms with Crippen molar-refractivity contribution >= 4 is 13.7 Å². The van der Waals surface area contributed by atoms with Crippen molar-refractivity contribution in [3.63, 3.8) is 0 Å². The minimum Gasteiger partial charge on any atom is -0.387 e. The molecule has 48 heavy (non-hydrogen) atoms. The lowest BCUT2D eigenvalue weighted by molar-refractivity contribution is -0.123. The third-order valence-corrected chi connectivity index (χ3v) is 9.43. The summed E-state index contributed by atoms with van der Waals surface area (Å²) < 4.78 is 22.0. The molecule has 0 aliphatic rings. The lowest BCUT2D eigenvalue weighted by Crippen LogP contribution is -2.45. The van der Waals surface area contributed by atoms with E-state index in [-0.39, 0.29) is 25.7 Å². The number of nitrogens with two attached hydrogens (primary N) is 1. The molecule has 0 aliphatic carbocycles. The van der Waals surface area contributed by atoms with Crippen molar-refractivity contribution in [3.8, 4) is 0 Å². The monoisotopic (exact) mass is 699 g/mol. The van der Waals surface area contributed by atoms with Crippen LogP contribution in [0.4, 0.5) is 0 Å². The molecule has 8 nitrogen and oxygen atoms in total. The number of hydrogen-bond acceptors (Lipinski definition) is 6. The number of amides is 1. The molecular weight excluding hydrogens is 623 g/mol. The number of phosphoric ester groups is 1. The molecule has 5 N–H and O–H groups in total. The molecule has 0 aromatic rings. The fourth-order valence-corrected chi connectivity index (χ4v) is 6.22. The second-order valence-corrected chi connectivity index (χ2v) is 14.6. The number of aliphatic hydroxyl groups is 1. The Labute approximate surface area is 295 Å². The molecular formula is C39H75N2O6P. The van der Waals surface area contributed by atoms with E-state index in [2.05, 4.69) is 43.5 Å². The van der Waals surface area contributed by atoms with Gasteiger partial charge in [0.1, 0.15) is 0 Å². The summed E-state index contributed by atoms with van der Waals surface area (Å²) in [5, 5.41) is 13.6. The molecule has 3 atom stereocenters. The summed E-state index contributed by atoms with van der Waals surface area (Å²) in [6.07, 6.45) is 40.4. The van der Waals surface area contributed by atoms with Crippen LogP contribution in [0.5, 0.6) is 0 Å². The average Bonchev–Trinajstić information content (AvgIpc) is 3.07. The molecule has 3 unspecified atom stereocenters. The van der Waals surface area contributed by atoms with Gasteiger partial charge in [0.2, 0.25) is 5.91 Å². The maximum atomic E-state index is 12.7. The zero-order chi connectivity index (χ0) is 35.4. The molecule has 282 valence electrons. The van der Waals surface area contributed by atoms with Gasteiger partial charge in [0.15, 0.2) is 0 Å². The van der Waals surface area contributed by atoms with Crippen LogP contribution in [0.15, 0.2) is 36.5 Å². The van der Waals surface area contributed by atoms with E-state index in [4.69, 9.17) is 14.8 Å². The number of phosphoric acid groups is 1. The zero-order valence-corrected chi connectivity index (χ0v) is 31.9. The minimum absolute atomic E-state index is 0.0724. The Bertz CT molecular complexity index is 850. The Morgan fingerprint density at radius 3 is 1.60 bits per heavy atom. The van der Waals surface area contributed by atoms with Crippen molar-refractivity contribution in [1.82, 2.24) is 5.32 Å². The molecule has 0 spiro atoms. The van der Waals surface area contributed by atoms with Crippen molar-refractivity contribution < 1.29 is 28.4 Å². The van der Waals surface area contributed by atoms with E-state index in [1.807, 2.05) is 6.08 Å². The smallest absolute Gasteiger partial charge is 0.387 e. The first kappa shape index (κ1) is 46.7. The van der Waals surface area contributed by atoms with Crippen LogP contribution in [-0.2, 0) is 18.4 Å². The molecule has 0 fully saturated rings. The number of unbranched alkanes of at least 4 members (excludes halogenated alkanes) is 20. The second kappa shape index (κ2) is 35.5. The highest BCUT2D eigenvalue weighted by atomic mass is 31.2. The zero-order valence-electron chi connectivity index (χ0n) is 31.0. The standard InChI is InChI=1S/C39H75N2O6P/c1-3-5-7-9-11-13-15-17-19-20-22-24-26-28-30-32-38(42)37(36-47-48(44,45)46-35-34-40)41-39(43)33-31-29-27-25-23-21-18-16-14-12-10-8-6-4-2/h15,17,22,24,30,32,37-38,42H,3-14,16,18-21,23,25-29,31,33-36,40H2,1-2H3,(H,41,43)(H,44,45)/b17-15+,24-22+,32-30+. The summed E-state index contributed by atoms with van der Waals surface area (Å²) in [6, 6.07) is -0.878. The Morgan fingerprint density at radius 2 is 1.10 bits per heavy atom. The number of allylic oxidation sites excluding steroid dienone is 5. The molecule has 0 rings (SSSR count). The Balaban J connectivity index is 4.37. The van der Waals surface area contributed by atoms with Gasteiger partial charge >= 0.3 is 7.82 Å². The lowest BCUT2D eigenvalue weighted by Gasteiger charge is -2.23. The molecule has 1 amide bonds. The van der Waals surface area contributed by atoms with E-state index in [0.717, 1.165) is 44.9 Å². The number of carbonyl (C=O) groups is 1. The fourth-order valence-electron chi connectivity index (χ4n) is 5.46. The van der Waals surface area contributed by atoms with Crippen molar-refractivity contribution in [3.05, 3.63) is 36.5 Å². The lowest BCUT2D eigenvalue weighted by atomic mass is 10.0. The molecule has 0 heterocycles. The van der Waals surface area contributed by atoms with Gasteiger partial charge in [-0.25, -0.2) is 4.57 Å². The van der Waals surface area contributed by atoms with Crippen LogP contribution in [0.2, 0.25) is 0 Å². The summed E-state index contributed by atoms with van der Waals surface area (Å²) in [5.74, 6) is -0.209. The molecule has 0 saturated carbocycles. The third-order valence-electron chi connectivity index (χ3n) is 8.45. The molecule has 0 aromatic heterocycles. The third kappa shape index (κ3) is 33.2. The second-order valence-electron chi connectivity index (χ2n) is 13.1. The molecule has 0 aromatic carbocycles. The first-order valence-electron chi connectivity index (χ1n) is 19.6. The topological polar surface area (TPSA) is 131 Å². The average molecular weight is 699 g/mol. The van der Waals surface area contributed by atoms with E-state index in [1.165, 1.54) is 109 Å². The maximum absolute atomic E-state index is 12.7. The number of hydrogen-bond donors (Lipinski definition) is 4. The van der Waals surface area contributed by atoms with Crippen LogP contribution >= 0.6 is 7.82 Å². The van der Waals surface area contributed by atoms with Gasteiger partial charge in [0, 0.05) is 13.0 Å². The number of aliphatic hydroxyl groups excluding tert-OH is 1. The largest absolute Gasteiger partial charge is 0.472 e. The van der Waals surface area contributed by atoms with Gasteiger partial charge in [-0.05, 0) is 44.9 Å². The molecule has 0 aliphatic heterocycles. The Hall–Kier alpha value is -1.28. The normalized spacial score (nSPS) is 14.7. The first-order chi connectivity index (χ1) is 23.4. The van der Waals surface area contributed by atoms with Gasteiger partial charge in [-0.1, -0.05) is 159 Å². The van der Waals surface area contributed by atoms with Crippen molar-refractivity contribution in [2.24, 2.45) is 5.73 Å². The number of carbonyl (C=O) groups excluding carboxylic acids is 1. The Kier molecular flexibility index (Phi) is 34.6. The highest BCUT2D eigenvalue weighted by molar-refractivity contribution is 7.47. The highest BCUT2D eigenvalue weighted by Crippen LogP contribution is 2.43. The maximum Gasteiger partial charge on any atom is 0.472 e. The van der Waals surface area contributed by atoms with Crippen molar-refractivity contribution in [1.29, 1.82) is 0 Å². The molecule has 0 saturated heterocycles. The number of rotatable bonds is 36.